The molecular weight excluding hydrogens is 186 g/mol. The highest BCUT2D eigenvalue weighted by molar-refractivity contribution is 5.93. The number of hydrogen-bond donors (Lipinski definition) is 1. The van der Waals surface area contributed by atoms with Gasteiger partial charge in [-0.25, -0.2) is 0 Å². The molecule has 2 heteroatoms. The van der Waals surface area contributed by atoms with Gasteiger partial charge in [-0.3, -0.25) is 0 Å². The van der Waals surface area contributed by atoms with E-state index in [-0.39, 0.29) is 0 Å². The fraction of sp³-hybridized carbons (Fsp3) is 0.231. The molecule has 1 aliphatic rings. The summed E-state index contributed by atoms with van der Waals surface area (Å²) in [6.07, 6.45) is 1.06. The molecule has 2 aromatic carbocycles. The smallest absolute Gasteiger partial charge is 0.150 e. The highest BCUT2D eigenvalue weighted by Crippen LogP contribution is 2.34. The SMILES string of the molecule is c1ccc2c3c(ccc2c1)NCCCO3. The predicted molar refractivity (Wildman–Crippen MR) is 62.5 cm³/mol. The van der Waals surface area contributed by atoms with E-state index >= 15 is 0 Å². The predicted octanol–water partition coefficient (Wildman–Crippen LogP) is 3.03. The Balaban J connectivity index is 2.27. The summed E-state index contributed by atoms with van der Waals surface area (Å²) in [7, 11) is 0. The van der Waals surface area contributed by atoms with Gasteiger partial charge in [0, 0.05) is 11.9 Å². The molecule has 0 saturated carbocycles. The van der Waals surface area contributed by atoms with Crippen LogP contribution in [0.4, 0.5) is 5.69 Å². The highest BCUT2D eigenvalue weighted by Gasteiger charge is 2.10. The molecule has 1 N–H and O–H groups in total. The van der Waals surface area contributed by atoms with Crippen molar-refractivity contribution in [2.75, 3.05) is 18.5 Å². The molecule has 0 aromatic heterocycles. The Bertz CT molecular complexity index is 493. The summed E-state index contributed by atoms with van der Waals surface area (Å²) in [5, 5.41) is 5.83. The number of fused-ring (bicyclic) bond motifs is 3. The molecule has 0 spiro atoms. The van der Waals surface area contributed by atoms with Crippen LogP contribution in [0.1, 0.15) is 6.42 Å². The number of hydrogen-bond acceptors (Lipinski definition) is 2. The largest absolute Gasteiger partial charge is 0.491 e. The minimum absolute atomic E-state index is 0.800. The van der Waals surface area contributed by atoms with Crippen LogP contribution in [-0.4, -0.2) is 13.2 Å². The summed E-state index contributed by atoms with van der Waals surface area (Å²) in [4.78, 5) is 0. The summed E-state index contributed by atoms with van der Waals surface area (Å²) in [5.41, 5.74) is 1.12. The third kappa shape index (κ3) is 1.42. The third-order valence-electron chi connectivity index (χ3n) is 2.76. The van der Waals surface area contributed by atoms with Crippen LogP contribution < -0.4 is 10.1 Å². The summed E-state index contributed by atoms with van der Waals surface area (Å²) in [5.74, 6) is 1.01. The first-order chi connectivity index (χ1) is 7.45. The molecular formula is C13H13NO. The first-order valence-electron chi connectivity index (χ1n) is 5.33. The maximum absolute atomic E-state index is 5.80. The van der Waals surface area contributed by atoms with Crippen molar-refractivity contribution in [2.45, 2.75) is 6.42 Å². The van der Waals surface area contributed by atoms with Gasteiger partial charge < -0.3 is 10.1 Å². The zero-order valence-electron chi connectivity index (χ0n) is 8.49. The molecule has 0 saturated heterocycles. The van der Waals surface area contributed by atoms with E-state index in [9.17, 15) is 0 Å². The fourth-order valence-electron chi connectivity index (χ4n) is 2.01. The van der Waals surface area contributed by atoms with Gasteiger partial charge in [0.15, 0.2) is 0 Å². The van der Waals surface area contributed by atoms with Crippen molar-refractivity contribution in [1.82, 2.24) is 0 Å². The van der Waals surface area contributed by atoms with E-state index in [4.69, 9.17) is 4.74 Å². The number of rotatable bonds is 0. The van der Waals surface area contributed by atoms with Gasteiger partial charge in [-0.2, -0.15) is 0 Å². The molecule has 1 aliphatic heterocycles. The fourth-order valence-corrected chi connectivity index (χ4v) is 2.01. The molecule has 0 fully saturated rings. The summed E-state index contributed by atoms with van der Waals surface area (Å²) in [6.45, 7) is 1.79. The third-order valence-corrected chi connectivity index (χ3v) is 2.76. The van der Waals surface area contributed by atoms with Crippen molar-refractivity contribution >= 4 is 16.5 Å². The van der Waals surface area contributed by atoms with Gasteiger partial charge in [0.2, 0.25) is 0 Å². The number of ether oxygens (including phenoxy) is 1. The second kappa shape index (κ2) is 3.46. The van der Waals surface area contributed by atoms with Gasteiger partial charge in [-0.1, -0.05) is 30.3 Å². The van der Waals surface area contributed by atoms with Crippen molar-refractivity contribution in [2.24, 2.45) is 0 Å². The average molecular weight is 199 g/mol. The van der Waals surface area contributed by atoms with Crippen LogP contribution in [0.2, 0.25) is 0 Å². The van der Waals surface area contributed by atoms with E-state index in [0.29, 0.717) is 0 Å². The van der Waals surface area contributed by atoms with Gasteiger partial charge in [-0.05, 0) is 17.9 Å². The summed E-state index contributed by atoms with van der Waals surface area (Å²) in [6, 6.07) is 12.6. The quantitative estimate of drug-likeness (QED) is 0.704. The Labute approximate surface area is 88.9 Å². The van der Waals surface area contributed by atoms with Gasteiger partial charge in [0.05, 0.1) is 12.3 Å². The Morgan fingerprint density at radius 3 is 3.00 bits per heavy atom. The minimum atomic E-state index is 0.800. The van der Waals surface area contributed by atoms with Gasteiger partial charge in [-0.15, -0.1) is 0 Å². The van der Waals surface area contributed by atoms with Gasteiger partial charge in [0.1, 0.15) is 5.75 Å². The lowest BCUT2D eigenvalue weighted by Gasteiger charge is -2.10. The maximum atomic E-state index is 5.80. The molecule has 15 heavy (non-hydrogen) atoms. The second-order valence-electron chi connectivity index (χ2n) is 3.79. The standard InChI is InChI=1S/C13H13NO/c1-2-5-11-10(4-1)6-7-12-13(11)15-9-3-8-14-12/h1-2,4-7,14H,3,8-9H2. The monoisotopic (exact) mass is 199 g/mol. The number of nitrogens with one attached hydrogen (secondary N) is 1. The van der Waals surface area contributed by atoms with Crippen LogP contribution in [0.3, 0.4) is 0 Å². The Hall–Kier alpha value is -1.70. The Morgan fingerprint density at radius 1 is 1.07 bits per heavy atom. The number of benzene rings is 2. The zero-order valence-corrected chi connectivity index (χ0v) is 8.49. The minimum Gasteiger partial charge on any atom is -0.491 e. The summed E-state index contributed by atoms with van der Waals surface area (Å²) >= 11 is 0. The van der Waals surface area contributed by atoms with Crippen LogP contribution in [0.25, 0.3) is 10.8 Å². The zero-order chi connectivity index (χ0) is 10.1. The van der Waals surface area contributed by atoms with Crippen LogP contribution in [-0.2, 0) is 0 Å². The van der Waals surface area contributed by atoms with E-state index in [1.54, 1.807) is 0 Å². The first-order valence-corrected chi connectivity index (χ1v) is 5.33. The van der Waals surface area contributed by atoms with Crippen molar-refractivity contribution in [3.05, 3.63) is 36.4 Å². The lowest BCUT2D eigenvalue weighted by molar-refractivity contribution is 0.326. The van der Waals surface area contributed by atoms with Crippen molar-refractivity contribution < 1.29 is 4.74 Å². The molecule has 3 rings (SSSR count). The molecule has 1 heterocycles. The molecule has 0 radical (unpaired) electrons. The van der Waals surface area contributed by atoms with Crippen LogP contribution in [0.5, 0.6) is 5.75 Å². The van der Waals surface area contributed by atoms with Gasteiger partial charge >= 0.3 is 0 Å². The van der Waals surface area contributed by atoms with Crippen molar-refractivity contribution in [3.63, 3.8) is 0 Å². The van der Waals surface area contributed by atoms with Crippen LogP contribution in [0.15, 0.2) is 36.4 Å². The van der Waals surface area contributed by atoms with Crippen molar-refractivity contribution in [3.8, 4) is 5.75 Å². The van der Waals surface area contributed by atoms with E-state index in [2.05, 4.69) is 41.7 Å². The van der Waals surface area contributed by atoms with Crippen LogP contribution in [0, 0.1) is 0 Å². The van der Waals surface area contributed by atoms with Crippen molar-refractivity contribution in [1.29, 1.82) is 0 Å². The second-order valence-corrected chi connectivity index (χ2v) is 3.79. The lowest BCUT2D eigenvalue weighted by Crippen LogP contribution is -1.99. The molecule has 0 aliphatic carbocycles. The molecule has 0 amide bonds. The lowest BCUT2D eigenvalue weighted by atomic mass is 10.1. The average Bonchev–Trinajstić information content (AvgIpc) is 2.54. The van der Waals surface area contributed by atoms with E-state index in [0.717, 1.165) is 31.0 Å². The molecule has 0 atom stereocenters. The first kappa shape index (κ1) is 8.60. The van der Waals surface area contributed by atoms with Crippen LogP contribution >= 0.6 is 0 Å². The number of anilines is 1. The highest BCUT2D eigenvalue weighted by atomic mass is 16.5. The molecule has 0 bridgehead atoms. The molecule has 0 unspecified atom stereocenters. The molecule has 76 valence electrons. The Kier molecular flexibility index (Phi) is 1.98. The normalized spacial score (nSPS) is 14.9. The summed E-state index contributed by atoms with van der Waals surface area (Å²) < 4.78 is 5.80. The van der Waals surface area contributed by atoms with Gasteiger partial charge in [0.25, 0.3) is 0 Å². The van der Waals surface area contributed by atoms with E-state index in [1.165, 1.54) is 10.8 Å². The topological polar surface area (TPSA) is 21.3 Å². The molecule has 2 nitrogen and oxygen atoms in total. The Morgan fingerprint density at radius 2 is 2.00 bits per heavy atom. The molecule has 2 aromatic rings. The van der Waals surface area contributed by atoms with E-state index < -0.39 is 0 Å². The van der Waals surface area contributed by atoms with E-state index in [1.807, 2.05) is 0 Å². The maximum Gasteiger partial charge on any atom is 0.150 e.